The van der Waals surface area contributed by atoms with Crippen LogP contribution in [0.2, 0.25) is 0 Å². The third-order valence-corrected chi connectivity index (χ3v) is 2.53. The second-order valence-electron chi connectivity index (χ2n) is 3.57. The maximum atomic E-state index is 10.6. The number of nitrogens with one attached hydrogen (secondary N) is 1. The van der Waals surface area contributed by atoms with Crippen molar-refractivity contribution in [2.75, 3.05) is 0 Å². The third kappa shape index (κ3) is 1.88. The number of hydrogen-bond acceptors (Lipinski definition) is 2. The highest BCUT2D eigenvalue weighted by molar-refractivity contribution is 5.68. The molecule has 4 heteroatoms. The van der Waals surface area contributed by atoms with Crippen LogP contribution in [0.15, 0.2) is 12.4 Å². The van der Waals surface area contributed by atoms with Crippen molar-refractivity contribution < 1.29 is 9.90 Å². The van der Waals surface area contributed by atoms with E-state index in [4.69, 9.17) is 5.11 Å². The lowest BCUT2D eigenvalue weighted by molar-refractivity contribution is -0.137. The van der Waals surface area contributed by atoms with Gasteiger partial charge in [0.15, 0.2) is 0 Å². The molecule has 0 spiro atoms. The Kier molecular flexibility index (Phi) is 2.04. The molecule has 0 aromatic carbocycles. The van der Waals surface area contributed by atoms with Gasteiger partial charge in [0.1, 0.15) is 0 Å². The van der Waals surface area contributed by atoms with Gasteiger partial charge in [-0.3, -0.25) is 9.89 Å². The molecule has 1 aliphatic rings. The number of carbonyl (C=O) groups is 1. The molecule has 0 amide bonds. The molecule has 1 aromatic rings. The lowest BCUT2D eigenvalue weighted by Crippen LogP contribution is -2.07. The van der Waals surface area contributed by atoms with Crippen LogP contribution >= 0.6 is 0 Å². The highest BCUT2D eigenvalue weighted by atomic mass is 16.4. The number of aromatic amines is 1. The van der Waals surface area contributed by atoms with Crippen LogP contribution in [0.1, 0.15) is 30.7 Å². The fraction of sp³-hybridized carbons (Fsp3) is 0.556. The summed E-state index contributed by atoms with van der Waals surface area (Å²) in [6.45, 7) is 0. The average Bonchev–Trinajstić information content (AvgIpc) is 2.77. The summed E-state index contributed by atoms with van der Waals surface area (Å²) in [7, 11) is 0. The Morgan fingerprint density at radius 2 is 2.54 bits per heavy atom. The first kappa shape index (κ1) is 8.29. The largest absolute Gasteiger partial charge is 0.481 e. The van der Waals surface area contributed by atoms with Gasteiger partial charge in [-0.2, -0.15) is 5.10 Å². The van der Waals surface area contributed by atoms with Crippen LogP contribution in [0.5, 0.6) is 0 Å². The number of nitrogens with zero attached hydrogens (tertiary/aromatic N) is 1. The Hall–Kier alpha value is -1.32. The molecule has 0 radical (unpaired) electrons. The maximum Gasteiger partial charge on any atom is 0.303 e. The van der Waals surface area contributed by atoms with Gasteiger partial charge in [-0.05, 0) is 24.3 Å². The monoisotopic (exact) mass is 180 g/mol. The van der Waals surface area contributed by atoms with E-state index >= 15 is 0 Å². The van der Waals surface area contributed by atoms with E-state index in [-0.39, 0.29) is 12.3 Å². The molecule has 0 saturated heterocycles. The molecule has 1 heterocycles. The molecule has 70 valence electrons. The van der Waals surface area contributed by atoms with Crippen molar-refractivity contribution >= 4 is 5.97 Å². The van der Waals surface area contributed by atoms with Crippen LogP contribution in [0.25, 0.3) is 0 Å². The van der Waals surface area contributed by atoms with Crippen molar-refractivity contribution in [1.29, 1.82) is 0 Å². The van der Waals surface area contributed by atoms with E-state index in [1.165, 1.54) is 0 Å². The molecule has 1 atom stereocenters. The molecule has 1 aliphatic carbocycles. The van der Waals surface area contributed by atoms with E-state index in [1.807, 2.05) is 0 Å². The van der Waals surface area contributed by atoms with Crippen molar-refractivity contribution in [2.24, 2.45) is 5.92 Å². The topological polar surface area (TPSA) is 66.0 Å². The van der Waals surface area contributed by atoms with Crippen LogP contribution in [0.3, 0.4) is 0 Å². The van der Waals surface area contributed by atoms with Crippen LogP contribution in [-0.4, -0.2) is 21.3 Å². The van der Waals surface area contributed by atoms with E-state index in [9.17, 15) is 4.79 Å². The van der Waals surface area contributed by atoms with Crippen molar-refractivity contribution in [1.82, 2.24) is 10.2 Å². The third-order valence-electron chi connectivity index (χ3n) is 2.53. The lowest BCUT2D eigenvalue weighted by atomic mass is 9.94. The molecule has 2 rings (SSSR count). The first-order valence-electron chi connectivity index (χ1n) is 4.48. The first-order chi connectivity index (χ1) is 6.27. The van der Waals surface area contributed by atoms with Gasteiger partial charge in [-0.15, -0.1) is 0 Å². The van der Waals surface area contributed by atoms with E-state index in [1.54, 1.807) is 12.4 Å². The predicted molar refractivity (Wildman–Crippen MR) is 46.3 cm³/mol. The zero-order chi connectivity index (χ0) is 9.26. The molecule has 1 unspecified atom stereocenters. The number of carboxylic acid groups (broad SMARTS) is 1. The minimum atomic E-state index is -0.724. The summed E-state index contributed by atoms with van der Waals surface area (Å²) in [4.78, 5) is 10.6. The van der Waals surface area contributed by atoms with Crippen molar-refractivity contribution in [3.63, 3.8) is 0 Å². The van der Waals surface area contributed by atoms with Crippen LogP contribution < -0.4 is 0 Å². The lowest BCUT2D eigenvalue weighted by Gasteiger charge is -2.10. The number of H-pyrrole nitrogens is 1. The summed E-state index contributed by atoms with van der Waals surface area (Å²) in [5.41, 5.74) is 1.03. The summed E-state index contributed by atoms with van der Waals surface area (Å²) >= 11 is 0. The fourth-order valence-corrected chi connectivity index (χ4v) is 1.71. The normalized spacial score (nSPS) is 18.5. The van der Waals surface area contributed by atoms with Crippen molar-refractivity contribution in [3.8, 4) is 0 Å². The number of hydrogen-bond donors (Lipinski definition) is 2. The van der Waals surface area contributed by atoms with Crippen molar-refractivity contribution in [3.05, 3.63) is 18.0 Å². The van der Waals surface area contributed by atoms with Gasteiger partial charge in [0, 0.05) is 12.1 Å². The van der Waals surface area contributed by atoms with Crippen LogP contribution in [0, 0.1) is 5.92 Å². The minimum Gasteiger partial charge on any atom is -0.481 e. The quantitative estimate of drug-likeness (QED) is 0.735. The second kappa shape index (κ2) is 3.20. The minimum absolute atomic E-state index is 0.163. The Morgan fingerprint density at radius 1 is 1.77 bits per heavy atom. The maximum absolute atomic E-state index is 10.6. The zero-order valence-electron chi connectivity index (χ0n) is 7.23. The number of aliphatic carboxylic acids is 1. The first-order valence-corrected chi connectivity index (χ1v) is 4.48. The smallest absolute Gasteiger partial charge is 0.303 e. The summed E-state index contributed by atoms with van der Waals surface area (Å²) in [6.07, 6.45) is 6.06. The number of aromatic nitrogens is 2. The van der Waals surface area contributed by atoms with Crippen LogP contribution in [0.4, 0.5) is 0 Å². The van der Waals surface area contributed by atoms with E-state index in [2.05, 4.69) is 10.2 Å². The molecule has 4 nitrogen and oxygen atoms in total. The van der Waals surface area contributed by atoms with E-state index < -0.39 is 5.97 Å². The van der Waals surface area contributed by atoms with Gasteiger partial charge in [-0.25, -0.2) is 0 Å². The molecule has 1 fully saturated rings. The molecular formula is C9H12N2O2. The number of carboxylic acids is 1. The van der Waals surface area contributed by atoms with Gasteiger partial charge in [-0.1, -0.05) is 0 Å². The molecule has 1 aromatic heterocycles. The Morgan fingerprint density at radius 3 is 3.00 bits per heavy atom. The standard InChI is InChI=1S/C9H12N2O2/c12-9(13)3-8(6-1-2-6)7-4-10-11-5-7/h4-6,8H,1-3H2,(H,10,11)(H,12,13). The Balaban J connectivity index is 2.09. The fourth-order valence-electron chi connectivity index (χ4n) is 1.71. The molecule has 0 bridgehead atoms. The highest BCUT2D eigenvalue weighted by Gasteiger charge is 2.34. The molecule has 0 aliphatic heterocycles. The molecule has 2 N–H and O–H groups in total. The predicted octanol–water partition coefficient (Wildman–Crippen LogP) is 1.38. The highest BCUT2D eigenvalue weighted by Crippen LogP contribution is 2.44. The molecular weight excluding hydrogens is 168 g/mol. The average molecular weight is 180 g/mol. The summed E-state index contributed by atoms with van der Waals surface area (Å²) in [5, 5.41) is 15.3. The summed E-state index contributed by atoms with van der Waals surface area (Å²) in [6, 6.07) is 0. The SMILES string of the molecule is O=C(O)CC(c1cn[nH]c1)C1CC1. The summed E-state index contributed by atoms with van der Waals surface area (Å²) < 4.78 is 0. The molecule has 13 heavy (non-hydrogen) atoms. The van der Waals surface area contributed by atoms with Gasteiger partial charge < -0.3 is 5.11 Å². The second-order valence-corrected chi connectivity index (χ2v) is 3.57. The Bertz CT molecular complexity index is 291. The van der Waals surface area contributed by atoms with E-state index in [0.717, 1.165) is 18.4 Å². The molecule has 1 saturated carbocycles. The van der Waals surface area contributed by atoms with Crippen LogP contribution in [-0.2, 0) is 4.79 Å². The van der Waals surface area contributed by atoms with Gasteiger partial charge in [0.2, 0.25) is 0 Å². The Labute approximate surface area is 76.0 Å². The number of rotatable bonds is 4. The van der Waals surface area contributed by atoms with Crippen molar-refractivity contribution in [2.45, 2.75) is 25.2 Å². The van der Waals surface area contributed by atoms with Gasteiger partial charge in [0.05, 0.1) is 12.6 Å². The van der Waals surface area contributed by atoms with Gasteiger partial charge in [0.25, 0.3) is 0 Å². The summed E-state index contributed by atoms with van der Waals surface area (Å²) in [5.74, 6) is 0.00282. The zero-order valence-corrected chi connectivity index (χ0v) is 7.23. The van der Waals surface area contributed by atoms with E-state index in [0.29, 0.717) is 5.92 Å². The van der Waals surface area contributed by atoms with Gasteiger partial charge >= 0.3 is 5.97 Å².